The quantitative estimate of drug-likeness (QED) is 0.553. The molecule has 0 aliphatic heterocycles. The van der Waals surface area contributed by atoms with Gasteiger partial charge in [-0.3, -0.25) is 4.79 Å². The molecule has 4 nitrogen and oxygen atoms in total. The van der Waals surface area contributed by atoms with Crippen molar-refractivity contribution >= 4 is 35.1 Å². The lowest BCUT2D eigenvalue weighted by atomic mass is 9.86. The van der Waals surface area contributed by atoms with Gasteiger partial charge >= 0.3 is 0 Å². The molecule has 1 aromatic carbocycles. The number of ketones is 1. The SMILES string of the molecule is Cc1nn(Cc2ccccc2Cl)c(Cl)c1/C=C(\C#N)C(=O)C(C)(C)C. The van der Waals surface area contributed by atoms with Crippen molar-refractivity contribution in [2.75, 3.05) is 0 Å². The molecule has 0 fully saturated rings. The van der Waals surface area contributed by atoms with E-state index in [0.717, 1.165) is 5.56 Å². The third-order valence-corrected chi connectivity index (χ3v) is 4.49. The lowest BCUT2D eigenvalue weighted by molar-refractivity contribution is -0.121. The van der Waals surface area contributed by atoms with Crippen molar-refractivity contribution in [2.24, 2.45) is 5.41 Å². The van der Waals surface area contributed by atoms with E-state index in [4.69, 9.17) is 23.2 Å². The predicted octanol–water partition coefficient (Wildman–Crippen LogP) is 5.07. The summed E-state index contributed by atoms with van der Waals surface area (Å²) in [5, 5.41) is 14.8. The second-order valence-corrected chi connectivity index (χ2v) is 7.55. The minimum atomic E-state index is -0.643. The van der Waals surface area contributed by atoms with Crippen LogP contribution < -0.4 is 0 Å². The molecule has 2 rings (SSSR count). The van der Waals surface area contributed by atoms with Crippen LogP contribution in [0.2, 0.25) is 10.2 Å². The molecule has 130 valence electrons. The molecule has 1 heterocycles. The van der Waals surface area contributed by atoms with Gasteiger partial charge in [0.25, 0.3) is 0 Å². The molecule has 0 unspecified atom stereocenters. The zero-order valence-corrected chi connectivity index (χ0v) is 16.1. The number of Topliss-reactive ketones (excluding diaryl/α,β-unsaturated/α-hetero) is 1. The van der Waals surface area contributed by atoms with Crippen LogP contribution in [-0.4, -0.2) is 15.6 Å². The Morgan fingerprint density at radius 2 is 1.96 bits per heavy atom. The van der Waals surface area contributed by atoms with Crippen LogP contribution in [0.4, 0.5) is 0 Å². The van der Waals surface area contributed by atoms with Crippen LogP contribution in [0.5, 0.6) is 0 Å². The Balaban J connectivity index is 2.43. The van der Waals surface area contributed by atoms with Gasteiger partial charge in [-0.25, -0.2) is 4.68 Å². The Labute approximate surface area is 157 Å². The Morgan fingerprint density at radius 1 is 1.32 bits per heavy atom. The molecule has 0 atom stereocenters. The van der Waals surface area contributed by atoms with Crippen molar-refractivity contribution < 1.29 is 4.79 Å². The summed E-state index contributed by atoms with van der Waals surface area (Å²) in [6.07, 6.45) is 1.52. The molecule has 1 aromatic heterocycles. The summed E-state index contributed by atoms with van der Waals surface area (Å²) in [7, 11) is 0. The van der Waals surface area contributed by atoms with Crippen molar-refractivity contribution in [2.45, 2.75) is 34.2 Å². The minimum absolute atomic E-state index is 0.0646. The number of hydrogen-bond acceptors (Lipinski definition) is 3. The Kier molecular flexibility index (Phi) is 5.72. The van der Waals surface area contributed by atoms with Crippen molar-refractivity contribution in [3.63, 3.8) is 0 Å². The Bertz CT molecular complexity index is 883. The Hall–Kier alpha value is -2.09. The number of aromatic nitrogens is 2. The molecule has 2 aromatic rings. The van der Waals surface area contributed by atoms with Crippen LogP contribution in [0.25, 0.3) is 6.08 Å². The number of carbonyl (C=O) groups excluding carboxylic acids is 1. The van der Waals surface area contributed by atoms with E-state index >= 15 is 0 Å². The molecule has 0 amide bonds. The van der Waals surface area contributed by atoms with Crippen molar-refractivity contribution in [1.82, 2.24) is 9.78 Å². The normalized spacial score (nSPS) is 12.1. The van der Waals surface area contributed by atoms with Gasteiger partial charge < -0.3 is 0 Å². The molecule has 0 N–H and O–H groups in total. The van der Waals surface area contributed by atoms with Crippen LogP contribution in [0.3, 0.4) is 0 Å². The lowest BCUT2D eigenvalue weighted by Gasteiger charge is -2.15. The smallest absolute Gasteiger partial charge is 0.178 e. The van der Waals surface area contributed by atoms with Crippen molar-refractivity contribution in [3.05, 3.63) is 56.8 Å². The molecule has 6 heteroatoms. The fourth-order valence-corrected chi connectivity index (χ4v) is 2.81. The van der Waals surface area contributed by atoms with Gasteiger partial charge in [0.05, 0.1) is 17.8 Å². The first-order chi connectivity index (χ1) is 11.6. The molecule has 0 radical (unpaired) electrons. The topological polar surface area (TPSA) is 58.7 Å². The predicted molar refractivity (Wildman–Crippen MR) is 101 cm³/mol. The summed E-state index contributed by atoms with van der Waals surface area (Å²) in [5.41, 5.74) is 1.52. The van der Waals surface area contributed by atoms with E-state index in [1.54, 1.807) is 38.4 Å². The summed E-state index contributed by atoms with van der Waals surface area (Å²) in [6, 6.07) is 9.42. The number of nitriles is 1. The van der Waals surface area contributed by atoms with Gasteiger partial charge in [0.15, 0.2) is 5.78 Å². The summed E-state index contributed by atoms with van der Waals surface area (Å²) >= 11 is 12.6. The van der Waals surface area contributed by atoms with E-state index < -0.39 is 5.41 Å². The highest BCUT2D eigenvalue weighted by Crippen LogP contribution is 2.27. The van der Waals surface area contributed by atoms with E-state index in [2.05, 4.69) is 5.10 Å². The average Bonchev–Trinajstić information content (AvgIpc) is 2.80. The molecule has 0 saturated heterocycles. The van der Waals surface area contributed by atoms with Crippen LogP contribution in [0, 0.1) is 23.7 Å². The maximum absolute atomic E-state index is 12.4. The number of carbonyl (C=O) groups is 1. The second-order valence-electron chi connectivity index (χ2n) is 6.79. The van der Waals surface area contributed by atoms with Crippen LogP contribution in [0.15, 0.2) is 29.8 Å². The van der Waals surface area contributed by atoms with E-state index in [-0.39, 0.29) is 11.4 Å². The highest BCUT2D eigenvalue weighted by atomic mass is 35.5. The maximum Gasteiger partial charge on any atom is 0.178 e. The standard InChI is InChI=1S/C19H19Cl2N3O/c1-12-15(9-14(10-22)17(25)19(2,3)4)18(21)24(23-12)11-13-7-5-6-8-16(13)20/h5-9H,11H2,1-4H3/b14-9+. The molecule has 0 saturated carbocycles. The van der Waals surface area contributed by atoms with Gasteiger partial charge in [0, 0.05) is 16.0 Å². The van der Waals surface area contributed by atoms with E-state index in [1.807, 2.05) is 24.3 Å². The average molecular weight is 376 g/mol. The van der Waals surface area contributed by atoms with Gasteiger partial charge in [-0.2, -0.15) is 10.4 Å². The molecule has 0 spiro atoms. The second kappa shape index (κ2) is 7.43. The highest BCUT2D eigenvalue weighted by molar-refractivity contribution is 6.32. The molecule has 0 aliphatic rings. The summed E-state index contributed by atoms with van der Waals surface area (Å²) in [4.78, 5) is 12.4. The number of halogens is 2. The first-order valence-corrected chi connectivity index (χ1v) is 8.53. The fourth-order valence-electron chi connectivity index (χ4n) is 2.32. The number of benzene rings is 1. The maximum atomic E-state index is 12.4. The number of nitrogens with zero attached hydrogens (tertiary/aromatic N) is 3. The third kappa shape index (κ3) is 4.31. The van der Waals surface area contributed by atoms with E-state index in [9.17, 15) is 10.1 Å². The lowest BCUT2D eigenvalue weighted by Crippen LogP contribution is -2.21. The largest absolute Gasteiger partial charge is 0.293 e. The van der Waals surface area contributed by atoms with Gasteiger partial charge in [-0.1, -0.05) is 62.2 Å². The fraction of sp³-hybridized carbons (Fsp3) is 0.316. The summed E-state index contributed by atoms with van der Waals surface area (Å²) in [5.74, 6) is -0.232. The van der Waals surface area contributed by atoms with Gasteiger partial charge in [0.2, 0.25) is 0 Å². The van der Waals surface area contributed by atoms with Gasteiger partial charge in [-0.15, -0.1) is 0 Å². The Morgan fingerprint density at radius 3 is 2.52 bits per heavy atom. The van der Waals surface area contributed by atoms with E-state index in [1.165, 1.54) is 6.08 Å². The number of aryl methyl sites for hydroxylation is 1. The van der Waals surface area contributed by atoms with Gasteiger partial charge in [-0.05, 0) is 24.6 Å². The van der Waals surface area contributed by atoms with Gasteiger partial charge in [0.1, 0.15) is 11.2 Å². The number of allylic oxidation sites excluding steroid dienone is 1. The molecule has 25 heavy (non-hydrogen) atoms. The third-order valence-electron chi connectivity index (χ3n) is 3.72. The van der Waals surface area contributed by atoms with Crippen LogP contribution in [-0.2, 0) is 11.3 Å². The first-order valence-electron chi connectivity index (χ1n) is 7.78. The monoisotopic (exact) mass is 375 g/mol. The molecular weight excluding hydrogens is 357 g/mol. The highest BCUT2D eigenvalue weighted by Gasteiger charge is 2.26. The van der Waals surface area contributed by atoms with Crippen LogP contribution >= 0.6 is 23.2 Å². The zero-order valence-electron chi connectivity index (χ0n) is 14.6. The van der Waals surface area contributed by atoms with Crippen LogP contribution in [0.1, 0.15) is 37.6 Å². The number of hydrogen-bond donors (Lipinski definition) is 0. The number of rotatable bonds is 4. The molecular formula is C19H19Cl2N3O. The van der Waals surface area contributed by atoms with Crippen molar-refractivity contribution in [1.29, 1.82) is 5.26 Å². The van der Waals surface area contributed by atoms with E-state index in [0.29, 0.717) is 28.0 Å². The summed E-state index contributed by atoms with van der Waals surface area (Å²) < 4.78 is 1.61. The zero-order chi connectivity index (χ0) is 18.8. The summed E-state index contributed by atoms with van der Waals surface area (Å²) in [6.45, 7) is 7.51. The minimum Gasteiger partial charge on any atom is -0.293 e. The van der Waals surface area contributed by atoms with Crippen molar-refractivity contribution in [3.8, 4) is 6.07 Å². The molecule has 0 aliphatic carbocycles. The molecule has 0 bridgehead atoms. The first kappa shape index (κ1) is 19.2.